The highest BCUT2D eigenvalue weighted by molar-refractivity contribution is 8.02. The minimum atomic E-state index is 0.675. The molecule has 0 atom stereocenters. The fourth-order valence-electron chi connectivity index (χ4n) is 1.58. The smallest absolute Gasteiger partial charge is 0.119 e. The van der Waals surface area contributed by atoms with E-state index in [-0.39, 0.29) is 0 Å². The number of hydrogen-bond donors (Lipinski definition) is 0. The predicted molar refractivity (Wildman–Crippen MR) is 79.0 cm³/mol. The molecule has 0 unspecified atom stereocenters. The molecule has 0 heterocycles. The number of ether oxygens (including phenoxy) is 1. The van der Waals surface area contributed by atoms with Crippen molar-refractivity contribution >= 4 is 17.8 Å². The van der Waals surface area contributed by atoms with Gasteiger partial charge >= 0.3 is 0 Å². The Morgan fingerprint density at radius 2 is 2.00 bits per heavy atom. The summed E-state index contributed by atoms with van der Waals surface area (Å²) >= 11 is 1.61. The van der Waals surface area contributed by atoms with E-state index in [2.05, 4.69) is 6.07 Å². The lowest BCUT2D eigenvalue weighted by Gasteiger charge is -2.01. The molecule has 0 aromatic heterocycles. The summed E-state index contributed by atoms with van der Waals surface area (Å²) in [6.07, 6.45) is 1.99. The molecular weight excluding hydrogens is 254 g/mol. The summed E-state index contributed by atoms with van der Waals surface area (Å²) in [5, 5.41) is 10.8. The third kappa shape index (κ3) is 3.90. The molecule has 2 nitrogen and oxygen atoms in total. The van der Waals surface area contributed by atoms with Crippen LogP contribution in [0.1, 0.15) is 11.1 Å². The van der Waals surface area contributed by atoms with Crippen LogP contribution in [0.3, 0.4) is 0 Å². The molecule has 0 aliphatic heterocycles. The van der Waals surface area contributed by atoms with Crippen LogP contribution in [0.2, 0.25) is 0 Å². The van der Waals surface area contributed by atoms with Gasteiger partial charge in [0.1, 0.15) is 5.75 Å². The number of hydrogen-bond acceptors (Lipinski definition) is 3. The molecule has 2 aromatic carbocycles. The molecule has 19 heavy (non-hydrogen) atoms. The van der Waals surface area contributed by atoms with Crippen molar-refractivity contribution in [1.82, 2.24) is 0 Å². The molecule has 0 saturated carbocycles. The minimum absolute atomic E-state index is 0.675. The second kappa shape index (κ2) is 6.67. The molecule has 2 rings (SSSR count). The van der Waals surface area contributed by atoms with E-state index in [0.29, 0.717) is 5.56 Å². The number of benzene rings is 2. The van der Waals surface area contributed by atoms with E-state index in [1.807, 2.05) is 53.9 Å². The molecule has 0 amide bonds. The Morgan fingerprint density at radius 1 is 1.16 bits per heavy atom. The third-order valence-electron chi connectivity index (χ3n) is 2.52. The number of nitriles is 1. The zero-order valence-electron chi connectivity index (χ0n) is 10.5. The second-order valence-electron chi connectivity index (χ2n) is 3.84. The van der Waals surface area contributed by atoms with Crippen molar-refractivity contribution in [3.05, 3.63) is 65.1 Å². The molecule has 94 valence electrons. The van der Waals surface area contributed by atoms with Gasteiger partial charge in [0.25, 0.3) is 0 Å². The van der Waals surface area contributed by atoms with Crippen LogP contribution in [-0.2, 0) is 0 Å². The van der Waals surface area contributed by atoms with Gasteiger partial charge in [0.2, 0.25) is 0 Å². The van der Waals surface area contributed by atoms with E-state index in [1.54, 1.807) is 24.9 Å². The van der Waals surface area contributed by atoms with Crippen LogP contribution in [0.5, 0.6) is 5.75 Å². The first kappa shape index (κ1) is 13.3. The van der Waals surface area contributed by atoms with Gasteiger partial charge in [0.15, 0.2) is 0 Å². The largest absolute Gasteiger partial charge is 0.497 e. The quantitative estimate of drug-likeness (QED) is 0.773. The van der Waals surface area contributed by atoms with E-state index >= 15 is 0 Å². The maximum atomic E-state index is 8.83. The normalized spacial score (nSPS) is 10.3. The maximum absolute atomic E-state index is 8.83. The molecule has 0 N–H and O–H groups in total. The van der Waals surface area contributed by atoms with Crippen LogP contribution in [0.25, 0.3) is 6.08 Å². The molecule has 0 radical (unpaired) electrons. The molecule has 0 bridgehead atoms. The lowest BCUT2D eigenvalue weighted by Crippen LogP contribution is -1.81. The molecule has 0 spiro atoms. The van der Waals surface area contributed by atoms with E-state index in [9.17, 15) is 0 Å². The standard InChI is InChI=1S/C16H13NOS/c1-18-15-6-3-7-16(11-15)19-9-8-13-4-2-5-14(10-13)12-17/h2-11H,1H3/b9-8+. The zero-order valence-corrected chi connectivity index (χ0v) is 11.4. The van der Waals surface area contributed by atoms with Crippen molar-refractivity contribution in [2.75, 3.05) is 7.11 Å². The number of nitrogens with zero attached hydrogens (tertiary/aromatic N) is 1. The summed E-state index contributed by atoms with van der Waals surface area (Å²) in [4.78, 5) is 1.12. The Labute approximate surface area is 117 Å². The number of rotatable bonds is 4. The van der Waals surface area contributed by atoms with Crippen molar-refractivity contribution in [2.24, 2.45) is 0 Å². The molecular formula is C16H13NOS. The lowest BCUT2D eigenvalue weighted by atomic mass is 10.1. The Balaban J connectivity index is 2.05. The van der Waals surface area contributed by atoms with Crippen LogP contribution in [0.4, 0.5) is 0 Å². The Morgan fingerprint density at radius 3 is 2.79 bits per heavy atom. The van der Waals surface area contributed by atoms with Crippen molar-refractivity contribution in [3.63, 3.8) is 0 Å². The first-order chi connectivity index (χ1) is 9.31. The van der Waals surface area contributed by atoms with Gasteiger partial charge in [-0.15, -0.1) is 0 Å². The second-order valence-corrected chi connectivity index (χ2v) is 4.82. The number of thioether (sulfide) groups is 1. The van der Waals surface area contributed by atoms with Crippen molar-refractivity contribution < 1.29 is 4.74 Å². The van der Waals surface area contributed by atoms with Crippen LogP contribution in [-0.4, -0.2) is 7.11 Å². The van der Waals surface area contributed by atoms with E-state index < -0.39 is 0 Å². The van der Waals surface area contributed by atoms with Crippen LogP contribution < -0.4 is 4.74 Å². The summed E-state index contributed by atoms with van der Waals surface area (Å²) in [6, 6.07) is 17.6. The van der Waals surface area contributed by atoms with E-state index in [4.69, 9.17) is 10.00 Å². The highest BCUT2D eigenvalue weighted by Crippen LogP contribution is 2.24. The van der Waals surface area contributed by atoms with E-state index in [0.717, 1.165) is 16.2 Å². The Hall–Kier alpha value is -2.18. The maximum Gasteiger partial charge on any atom is 0.119 e. The summed E-state index contributed by atoms with van der Waals surface area (Å²) in [7, 11) is 1.66. The average molecular weight is 267 g/mol. The monoisotopic (exact) mass is 267 g/mol. The lowest BCUT2D eigenvalue weighted by molar-refractivity contribution is 0.413. The van der Waals surface area contributed by atoms with Gasteiger partial charge in [0.05, 0.1) is 18.7 Å². The highest BCUT2D eigenvalue weighted by atomic mass is 32.2. The highest BCUT2D eigenvalue weighted by Gasteiger charge is 1.94. The van der Waals surface area contributed by atoms with Gasteiger partial charge in [-0.3, -0.25) is 0 Å². The summed E-state index contributed by atoms with van der Waals surface area (Å²) in [5.41, 5.74) is 1.70. The van der Waals surface area contributed by atoms with Crippen molar-refractivity contribution in [3.8, 4) is 11.8 Å². The molecule has 0 saturated heterocycles. The minimum Gasteiger partial charge on any atom is -0.497 e. The van der Waals surface area contributed by atoms with Crippen LogP contribution in [0.15, 0.2) is 58.8 Å². The van der Waals surface area contributed by atoms with Gasteiger partial charge in [-0.2, -0.15) is 5.26 Å². The van der Waals surface area contributed by atoms with Gasteiger partial charge in [0, 0.05) is 4.90 Å². The molecule has 0 fully saturated rings. The summed E-state index contributed by atoms with van der Waals surface area (Å²) in [6.45, 7) is 0. The first-order valence-electron chi connectivity index (χ1n) is 5.79. The van der Waals surface area contributed by atoms with Gasteiger partial charge < -0.3 is 4.74 Å². The average Bonchev–Trinajstić information content (AvgIpc) is 2.48. The topological polar surface area (TPSA) is 33.0 Å². The van der Waals surface area contributed by atoms with Crippen molar-refractivity contribution in [1.29, 1.82) is 5.26 Å². The first-order valence-corrected chi connectivity index (χ1v) is 6.67. The van der Waals surface area contributed by atoms with Crippen LogP contribution in [0, 0.1) is 11.3 Å². The van der Waals surface area contributed by atoms with Gasteiger partial charge in [-0.25, -0.2) is 0 Å². The zero-order chi connectivity index (χ0) is 13.5. The Kier molecular flexibility index (Phi) is 4.66. The molecule has 2 aromatic rings. The fourth-order valence-corrected chi connectivity index (χ4v) is 2.30. The summed E-state index contributed by atoms with van der Waals surface area (Å²) in [5.74, 6) is 0.852. The summed E-state index contributed by atoms with van der Waals surface area (Å²) < 4.78 is 5.18. The Bertz CT molecular complexity index is 629. The van der Waals surface area contributed by atoms with E-state index in [1.165, 1.54) is 0 Å². The third-order valence-corrected chi connectivity index (χ3v) is 3.32. The van der Waals surface area contributed by atoms with Gasteiger partial charge in [-0.1, -0.05) is 30.0 Å². The fraction of sp³-hybridized carbons (Fsp3) is 0.0625. The molecule has 0 aliphatic carbocycles. The number of methoxy groups -OCH3 is 1. The predicted octanol–water partition coefficient (Wildman–Crippen LogP) is 4.33. The SMILES string of the molecule is COc1cccc(S/C=C/c2cccc(C#N)c2)c1. The van der Waals surface area contributed by atoms with Crippen LogP contribution >= 0.6 is 11.8 Å². The molecule has 0 aliphatic rings. The van der Waals surface area contributed by atoms with Crippen molar-refractivity contribution in [2.45, 2.75) is 4.90 Å². The van der Waals surface area contributed by atoms with Gasteiger partial charge in [-0.05, 0) is 47.4 Å². The molecule has 3 heteroatoms.